The molecule has 3 rings (SSSR count). The lowest BCUT2D eigenvalue weighted by atomic mass is 10.2. The predicted molar refractivity (Wildman–Crippen MR) is 85.7 cm³/mol. The maximum Gasteiger partial charge on any atom is 0.209 e. The van der Waals surface area contributed by atoms with Crippen LogP contribution < -0.4 is 9.47 Å². The van der Waals surface area contributed by atoms with Crippen molar-refractivity contribution >= 4 is 11.8 Å². The van der Waals surface area contributed by atoms with Gasteiger partial charge in [0, 0.05) is 12.1 Å². The van der Waals surface area contributed by atoms with E-state index in [1.807, 2.05) is 31.2 Å². The van der Waals surface area contributed by atoms with Crippen molar-refractivity contribution in [2.24, 2.45) is 0 Å². The number of nitrogens with one attached hydrogen (secondary N) is 1. The lowest BCUT2D eigenvalue weighted by Crippen LogP contribution is -1.91. The molecule has 1 aromatic carbocycles. The molecule has 0 spiro atoms. The van der Waals surface area contributed by atoms with E-state index in [4.69, 9.17) is 14.0 Å². The third-order valence-electron chi connectivity index (χ3n) is 3.15. The molecule has 0 bridgehead atoms. The molecule has 0 aliphatic heterocycles. The first-order chi connectivity index (χ1) is 11.2. The van der Waals surface area contributed by atoms with Gasteiger partial charge in [-0.2, -0.15) is 0 Å². The first-order valence-electron chi connectivity index (χ1n) is 6.89. The Hall–Kier alpha value is -2.48. The van der Waals surface area contributed by atoms with Gasteiger partial charge in [0.2, 0.25) is 5.16 Å². The van der Waals surface area contributed by atoms with Crippen LogP contribution in [0.15, 0.2) is 33.9 Å². The minimum atomic E-state index is 0.623. The maximum absolute atomic E-state index is 5.39. The molecule has 1 N–H and O–H groups in total. The topological polar surface area (TPSA) is 86.1 Å². The zero-order valence-corrected chi connectivity index (χ0v) is 13.8. The Balaban J connectivity index is 1.76. The molecule has 8 heteroatoms. The number of aromatic nitrogens is 4. The molecule has 0 unspecified atom stereocenters. The molecular formula is C15H16N4O3S. The van der Waals surface area contributed by atoms with E-state index >= 15 is 0 Å². The number of hydrogen-bond acceptors (Lipinski definition) is 7. The molecule has 0 aliphatic carbocycles. The molecule has 3 aromatic rings. The normalized spacial score (nSPS) is 10.7. The van der Waals surface area contributed by atoms with Crippen molar-refractivity contribution in [3.63, 3.8) is 0 Å². The van der Waals surface area contributed by atoms with Crippen molar-refractivity contribution in [3.8, 4) is 22.9 Å². The molecule has 7 nitrogen and oxygen atoms in total. The Morgan fingerprint density at radius 1 is 1.22 bits per heavy atom. The van der Waals surface area contributed by atoms with Gasteiger partial charge in [-0.1, -0.05) is 16.9 Å². The van der Waals surface area contributed by atoms with Gasteiger partial charge in [-0.25, -0.2) is 4.98 Å². The summed E-state index contributed by atoms with van der Waals surface area (Å²) in [6, 6.07) is 7.44. The van der Waals surface area contributed by atoms with E-state index in [2.05, 4.69) is 20.3 Å². The SMILES string of the molecule is COc1ccc(-c2nc(SCc3cc(C)no3)n[nH]2)c(OC)c1. The zero-order chi connectivity index (χ0) is 16.2. The zero-order valence-electron chi connectivity index (χ0n) is 13.0. The number of ether oxygens (including phenoxy) is 2. The standard InChI is InChI=1S/C15H16N4O3S/c1-9-6-11(22-19-9)8-23-15-16-14(17-18-15)12-5-4-10(20-2)7-13(12)21-3/h4-7H,8H2,1-3H3,(H,16,17,18). The van der Waals surface area contributed by atoms with Crippen LogP contribution >= 0.6 is 11.8 Å². The van der Waals surface area contributed by atoms with Crippen LogP contribution in [0.25, 0.3) is 11.4 Å². The molecule has 23 heavy (non-hydrogen) atoms. The summed E-state index contributed by atoms with van der Waals surface area (Å²) in [6.45, 7) is 1.89. The molecule has 2 heterocycles. The summed E-state index contributed by atoms with van der Waals surface area (Å²) in [5, 5.41) is 11.6. The maximum atomic E-state index is 5.39. The van der Waals surface area contributed by atoms with E-state index in [9.17, 15) is 0 Å². The summed E-state index contributed by atoms with van der Waals surface area (Å²) in [5.41, 5.74) is 1.68. The Bertz CT molecular complexity index is 800. The second kappa shape index (κ2) is 6.74. The van der Waals surface area contributed by atoms with E-state index in [1.165, 1.54) is 11.8 Å². The lowest BCUT2D eigenvalue weighted by Gasteiger charge is -2.07. The number of H-pyrrole nitrogens is 1. The third kappa shape index (κ3) is 3.48. The highest BCUT2D eigenvalue weighted by atomic mass is 32.2. The monoisotopic (exact) mass is 332 g/mol. The third-order valence-corrected chi connectivity index (χ3v) is 4.02. The fourth-order valence-corrected chi connectivity index (χ4v) is 2.72. The van der Waals surface area contributed by atoms with Gasteiger partial charge in [-0.3, -0.25) is 5.10 Å². The van der Waals surface area contributed by atoms with Gasteiger partial charge in [0.1, 0.15) is 17.3 Å². The minimum absolute atomic E-state index is 0.623. The molecule has 0 atom stereocenters. The predicted octanol–water partition coefficient (Wildman–Crippen LogP) is 3.08. The fourth-order valence-electron chi connectivity index (χ4n) is 2.05. The highest BCUT2D eigenvalue weighted by molar-refractivity contribution is 7.98. The van der Waals surface area contributed by atoms with Crippen LogP contribution in [0.2, 0.25) is 0 Å². The summed E-state index contributed by atoms with van der Waals surface area (Å²) >= 11 is 1.47. The number of rotatable bonds is 6. The highest BCUT2D eigenvalue weighted by Crippen LogP contribution is 2.32. The lowest BCUT2D eigenvalue weighted by molar-refractivity contribution is 0.391. The highest BCUT2D eigenvalue weighted by Gasteiger charge is 2.13. The smallest absolute Gasteiger partial charge is 0.209 e. The van der Waals surface area contributed by atoms with Gasteiger partial charge in [0.25, 0.3) is 0 Å². The van der Waals surface area contributed by atoms with E-state index in [-0.39, 0.29) is 0 Å². The molecule has 0 radical (unpaired) electrons. The van der Waals surface area contributed by atoms with E-state index in [0.717, 1.165) is 22.8 Å². The van der Waals surface area contributed by atoms with Crippen molar-refractivity contribution < 1.29 is 14.0 Å². The molecule has 0 saturated carbocycles. The van der Waals surface area contributed by atoms with Gasteiger partial charge >= 0.3 is 0 Å². The summed E-state index contributed by atoms with van der Waals surface area (Å²) in [4.78, 5) is 4.48. The van der Waals surface area contributed by atoms with Crippen LogP contribution in [0, 0.1) is 6.92 Å². The van der Waals surface area contributed by atoms with Gasteiger partial charge in [-0.15, -0.1) is 5.10 Å². The summed E-state index contributed by atoms with van der Waals surface area (Å²) < 4.78 is 15.8. The second-order valence-corrected chi connectivity index (χ2v) is 5.70. The number of thioether (sulfide) groups is 1. The largest absolute Gasteiger partial charge is 0.497 e. The first kappa shape index (κ1) is 15.4. The average Bonchev–Trinajstić information content (AvgIpc) is 3.21. The van der Waals surface area contributed by atoms with Gasteiger partial charge in [0.05, 0.1) is 31.2 Å². The molecule has 0 amide bonds. The Morgan fingerprint density at radius 3 is 2.78 bits per heavy atom. The van der Waals surface area contributed by atoms with Crippen LogP contribution in [0.1, 0.15) is 11.5 Å². The van der Waals surface area contributed by atoms with Gasteiger partial charge in [-0.05, 0) is 19.1 Å². The summed E-state index contributed by atoms with van der Waals surface area (Å²) in [7, 11) is 3.22. The van der Waals surface area contributed by atoms with E-state index in [1.54, 1.807) is 14.2 Å². The number of nitrogens with zero attached hydrogens (tertiary/aromatic N) is 3. The second-order valence-electron chi connectivity index (χ2n) is 4.76. The van der Waals surface area contributed by atoms with Crippen molar-refractivity contribution in [1.82, 2.24) is 20.3 Å². The van der Waals surface area contributed by atoms with E-state index < -0.39 is 0 Å². The summed E-state index contributed by atoms with van der Waals surface area (Å²) in [6.07, 6.45) is 0. The molecule has 120 valence electrons. The molecular weight excluding hydrogens is 316 g/mol. The van der Waals surface area contributed by atoms with Gasteiger partial charge in [0.15, 0.2) is 5.82 Å². The van der Waals surface area contributed by atoms with Crippen molar-refractivity contribution in [2.45, 2.75) is 17.8 Å². The van der Waals surface area contributed by atoms with Crippen LogP contribution in [-0.4, -0.2) is 34.6 Å². The van der Waals surface area contributed by atoms with Crippen LogP contribution in [0.3, 0.4) is 0 Å². The summed E-state index contributed by atoms with van der Waals surface area (Å²) in [5.74, 6) is 3.45. The quantitative estimate of drug-likeness (QED) is 0.694. The molecule has 2 aromatic heterocycles. The average molecular weight is 332 g/mol. The van der Waals surface area contributed by atoms with Crippen LogP contribution in [0.4, 0.5) is 0 Å². The van der Waals surface area contributed by atoms with Crippen molar-refractivity contribution in [1.29, 1.82) is 0 Å². The minimum Gasteiger partial charge on any atom is -0.497 e. The number of methoxy groups -OCH3 is 2. The Kier molecular flexibility index (Phi) is 4.52. The Labute approximate surface area is 137 Å². The number of aryl methyl sites for hydroxylation is 1. The van der Waals surface area contributed by atoms with Crippen molar-refractivity contribution in [3.05, 3.63) is 35.7 Å². The number of aromatic amines is 1. The Morgan fingerprint density at radius 2 is 2.09 bits per heavy atom. The number of benzene rings is 1. The molecule has 0 saturated heterocycles. The van der Waals surface area contributed by atoms with Crippen molar-refractivity contribution in [2.75, 3.05) is 14.2 Å². The van der Waals surface area contributed by atoms with Crippen LogP contribution in [-0.2, 0) is 5.75 Å². The molecule has 0 aliphatic rings. The number of hydrogen-bond donors (Lipinski definition) is 1. The van der Waals surface area contributed by atoms with Gasteiger partial charge < -0.3 is 14.0 Å². The van der Waals surface area contributed by atoms with E-state index in [0.29, 0.717) is 22.5 Å². The fraction of sp³-hybridized carbons (Fsp3) is 0.267. The molecule has 0 fully saturated rings. The first-order valence-corrected chi connectivity index (χ1v) is 7.88. The van der Waals surface area contributed by atoms with Crippen LogP contribution in [0.5, 0.6) is 11.5 Å².